The van der Waals surface area contributed by atoms with Crippen LogP contribution in [0.15, 0.2) is 73.1 Å². The summed E-state index contributed by atoms with van der Waals surface area (Å²) in [5.74, 6) is -0.694. The van der Waals surface area contributed by atoms with E-state index in [1.54, 1.807) is 59.8 Å². The van der Waals surface area contributed by atoms with Crippen LogP contribution in [0.3, 0.4) is 0 Å². The lowest BCUT2D eigenvalue weighted by Crippen LogP contribution is -2.43. The lowest BCUT2D eigenvalue weighted by atomic mass is 9.89. The zero-order valence-electron chi connectivity index (χ0n) is 20.2. The average molecular weight is 489 g/mol. The summed E-state index contributed by atoms with van der Waals surface area (Å²) in [5, 5.41) is 2.70. The van der Waals surface area contributed by atoms with Gasteiger partial charge < -0.3 is 15.1 Å². The highest BCUT2D eigenvalue weighted by Gasteiger charge is 2.27. The van der Waals surface area contributed by atoms with E-state index < -0.39 is 0 Å². The molecule has 186 valence electrons. The van der Waals surface area contributed by atoms with E-state index in [1.807, 2.05) is 6.07 Å². The maximum absolute atomic E-state index is 13.4. The molecule has 8 heteroatoms. The molecule has 1 aliphatic heterocycles. The van der Waals surface area contributed by atoms with Gasteiger partial charge in [0.15, 0.2) is 5.78 Å². The van der Waals surface area contributed by atoms with Crippen molar-refractivity contribution in [3.05, 3.63) is 90.0 Å². The van der Waals surface area contributed by atoms with Crippen LogP contribution >= 0.6 is 0 Å². The van der Waals surface area contributed by atoms with Crippen LogP contribution in [-0.2, 0) is 4.79 Å². The molecule has 2 amide bonds. The van der Waals surface area contributed by atoms with Crippen LogP contribution in [0.4, 0.5) is 15.8 Å². The van der Waals surface area contributed by atoms with E-state index in [-0.39, 0.29) is 29.3 Å². The summed E-state index contributed by atoms with van der Waals surface area (Å²) in [6, 6.07) is 16.2. The fourth-order valence-electron chi connectivity index (χ4n) is 4.43. The Labute approximate surface area is 209 Å². The summed E-state index contributed by atoms with van der Waals surface area (Å²) < 4.78 is 13.2. The molecular weight excluding hydrogens is 459 g/mol. The van der Waals surface area contributed by atoms with Gasteiger partial charge in [0.1, 0.15) is 5.82 Å². The number of hydrogen-bond acceptors (Lipinski definition) is 5. The van der Waals surface area contributed by atoms with E-state index in [1.165, 1.54) is 19.1 Å². The van der Waals surface area contributed by atoms with Gasteiger partial charge in [0.2, 0.25) is 5.91 Å². The van der Waals surface area contributed by atoms with E-state index in [0.29, 0.717) is 35.6 Å². The lowest BCUT2D eigenvalue weighted by molar-refractivity contribution is -0.114. The van der Waals surface area contributed by atoms with Gasteiger partial charge in [-0.15, -0.1) is 0 Å². The predicted octanol–water partition coefficient (Wildman–Crippen LogP) is 4.42. The third-order valence-electron chi connectivity index (χ3n) is 6.38. The Morgan fingerprint density at radius 3 is 2.28 bits per heavy atom. The third kappa shape index (κ3) is 6.40. The number of Topliss-reactive ketones (excluding diaryl/α,β-unsaturated/α-hetero) is 1. The smallest absolute Gasteiger partial charge is 0.258 e. The SMILES string of the molecule is CC(=O)Nc1ccc(C(=O)N(CCN2CCC(C(=O)c3ccc(F)cc3)CC2)c2cccnc2)cc1. The highest BCUT2D eigenvalue weighted by Crippen LogP contribution is 2.23. The van der Waals surface area contributed by atoms with Crippen molar-refractivity contribution in [1.82, 2.24) is 9.88 Å². The summed E-state index contributed by atoms with van der Waals surface area (Å²) in [4.78, 5) is 45.6. The van der Waals surface area contributed by atoms with Gasteiger partial charge in [0.25, 0.3) is 5.91 Å². The largest absolute Gasteiger partial charge is 0.326 e. The van der Waals surface area contributed by atoms with E-state index >= 15 is 0 Å². The van der Waals surface area contributed by atoms with Crippen molar-refractivity contribution in [2.75, 3.05) is 36.4 Å². The van der Waals surface area contributed by atoms with Crippen molar-refractivity contribution in [1.29, 1.82) is 0 Å². The molecular formula is C28H29FN4O3. The minimum atomic E-state index is -0.349. The lowest BCUT2D eigenvalue weighted by Gasteiger charge is -2.33. The Kier molecular flexibility index (Phi) is 8.17. The second kappa shape index (κ2) is 11.7. The minimum Gasteiger partial charge on any atom is -0.326 e. The zero-order chi connectivity index (χ0) is 25.5. The maximum atomic E-state index is 13.4. The number of nitrogens with zero attached hydrogens (tertiary/aromatic N) is 3. The Balaban J connectivity index is 1.38. The third-order valence-corrected chi connectivity index (χ3v) is 6.38. The molecule has 0 bridgehead atoms. The number of rotatable bonds is 8. The quantitative estimate of drug-likeness (QED) is 0.475. The van der Waals surface area contributed by atoms with E-state index in [4.69, 9.17) is 0 Å². The van der Waals surface area contributed by atoms with Gasteiger partial charge in [-0.25, -0.2) is 4.39 Å². The van der Waals surface area contributed by atoms with Crippen molar-refractivity contribution in [3.8, 4) is 0 Å². The number of carbonyl (C=O) groups excluding carboxylic acids is 3. The molecule has 36 heavy (non-hydrogen) atoms. The maximum Gasteiger partial charge on any atom is 0.258 e. The van der Waals surface area contributed by atoms with Gasteiger partial charge in [-0.1, -0.05) is 0 Å². The Morgan fingerprint density at radius 1 is 1.00 bits per heavy atom. The standard InChI is InChI=1S/C28H29FN4O3/c1-20(34)31-25-10-6-23(7-11-25)28(36)33(26-3-2-14-30-19-26)18-17-32-15-12-22(13-16-32)27(35)21-4-8-24(29)9-5-21/h2-11,14,19,22H,12-13,15-18H2,1H3,(H,31,34). The van der Waals surface area contributed by atoms with E-state index in [9.17, 15) is 18.8 Å². The summed E-state index contributed by atoms with van der Waals surface area (Å²) in [5.41, 5.74) is 2.39. The molecule has 4 rings (SSSR count). The fourth-order valence-corrected chi connectivity index (χ4v) is 4.43. The molecule has 1 N–H and O–H groups in total. The van der Waals surface area contributed by atoms with Crippen LogP contribution in [0.25, 0.3) is 0 Å². The molecule has 0 spiro atoms. The number of amides is 2. The average Bonchev–Trinajstić information content (AvgIpc) is 2.90. The number of benzene rings is 2. The highest BCUT2D eigenvalue weighted by molar-refractivity contribution is 6.06. The van der Waals surface area contributed by atoms with Gasteiger partial charge in [-0.2, -0.15) is 0 Å². The molecule has 0 atom stereocenters. The summed E-state index contributed by atoms with van der Waals surface area (Å²) in [6.45, 7) is 4.05. The van der Waals surface area contributed by atoms with Crippen LogP contribution in [0.1, 0.15) is 40.5 Å². The normalized spacial score (nSPS) is 14.3. The van der Waals surface area contributed by atoms with Crippen molar-refractivity contribution >= 4 is 29.0 Å². The summed E-state index contributed by atoms with van der Waals surface area (Å²) in [7, 11) is 0. The fraction of sp³-hybridized carbons (Fsp3) is 0.286. The van der Waals surface area contributed by atoms with Gasteiger partial charge in [-0.3, -0.25) is 19.4 Å². The van der Waals surface area contributed by atoms with E-state index in [2.05, 4.69) is 15.2 Å². The number of anilines is 2. The van der Waals surface area contributed by atoms with Gasteiger partial charge in [0, 0.05) is 48.9 Å². The molecule has 7 nitrogen and oxygen atoms in total. The van der Waals surface area contributed by atoms with Crippen LogP contribution in [0.2, 0.25) is 0 Å². The van der Waals surface area contributed by atoms with Crippen LogP contribution < -0.4 is 10.2 Å². The van der Waals surface area contributed by atoms with Crippen LogP contribution in [0, 0.1) is 11.7 Å². The topological polar surface area (TPSA) is 82.6 Å². The molecule has 2 heterocycles. The first-order valence-electron chi connectivity index (χ1n) is 12.0. The number of carbonyl (C=O) groups is 3. The molecule has 1 fully saturated rings. The molecule has 0 aliphatic carbocycles. The molecule has 0 radical (unpaired) electrons. The molecule has 1 aliphatic rings. The molecule has 0 saturated carbocycles. The van der Waals surface area contributed by atoms with E-state index in [0.717, 1.165) is 25.9 Å². The number of ketones is 1. The van der Waals surface area contributed by atoms with Gasteiger partial charge in [0.05, 0.1) is 11.9 Å². The first kappa shape index (κ1) is 25.2. The first-order chi connectivity index (χ1) is 17.4. The van der Waals surface area contributed by atoms with Gasteiger partial charge in [-0.05, 0) is 86.6 Å². The molecule has 2 aromatic carbocycles. The number of pyridine rings is 1. The molecule has 3 aromatic rings. The first-order valence-corrected chi connectivity index (χ1v) is 12.0. The number of piperidine rings is 1. The van der Waals surface area contributed by atoms with Gasteiger partial charge >= 0.3 is 0 Å². The van der Waals surface area contributed by atoms with Crippen molar-refractivity contribution in [2.24, 2.45) is 5.92 Å². The molecule has 0 unspecified atom stereocenters. The number of halogens is 1. The second-order valence-corrected chi connectivity index (χ2v) is 8.91. The van der Waals surface area contributed by atoms with Crippen molar-refractivity contribution < 1.29 is 18.8 Å². The van der Waals surface area contributed by atoms with Crippen LogP contribution in [-0.4, -0.2) is 53.7 Å². The summed E-state index contributed by atoms with van der Waals surface area (Å²) in [6.07, 6.45) is 4.78. The predicted molar refractivity (Wildman–Crippen MR) is 137 cm³/mol. The van der Waals surface area contributed by atoms with Crippen molar-refractivity contribution in [2.45, 2.75) is 19.8 Å². The number of nitrogens with one attached hydrogen (secondary N) is 1. The number of hydrogen-bond donors (Lipinski definition) is 1. The molecule has 1 aromatic heterocycles. The summed E-state index contributed by atoms with van der Waals surface area (Å²) >= 11 is 0. The minimum absolute atomic E-state index is 0.0597. The number of likely N-dealkylation sites (tertiary alicyclic amines) is 1. The van der Waals surface area contributed by atoms with Crippen LogP contribution in [0.5, 0.6) is 0 Å². The Morgan fingerprint density at radius 2 is 1.67 bits per heavy atom. The molecule has 1 saturated heterocycles. The van der Waals surface area contributed by atoms with Crippen molar-refractivity contribution in [3.63, 3.8) is 0 Å². The zero-order valence-corrected chi connectivity index (χ0v) is 20.2. The monoisotopic (exact) mass is 488 g/mol. The Bertz CT molecular complexity index is 1190. The highest BCUT2D eigenvalue weighted by atomic mass is 19.1. The Hall–Kier alpha value is -3.91. The second-order valence-electron chi connectivity index (χ2n) is 8.91. The number of aromatic nitrogens is 1.